The van der Waals surface area contributed by atoms with Crippen molar-refractivity contribution in [1.82, 2.24) is 9.80 Å². The van der Waals surface area contributed by atoms with Crippen LogP contribution in [0.1, 0.15) is 26.2 Å². The molecule has 88 valence electrons. The minimum atomic E-state index is 0.349. The van der Waals surface area contributed by atoms with E-state index in [1.54, 1.807) is 0 Å². The van der Waals surface area contributed by atoms with Gasteiger partial charge in [-0.05, 0) is 31.7 Å². The van der Waals surface area contributed by atoms with Crippen molar-refractivity contribution in [2.45, 2.75) is 32.2 Å². The minimum absolute atomic E-state index is 0.349. The van der Waals surface area contributed by atoms with Crippen LogP contribution >= 0.6 is 0 Å². The van der Waals surface area contributed by atoms with Crippen LogP contribution in [-0.4, -0.2) is 60.3 Å². The topological polar surface area (TPSA) is 26.7 Å². The van der Waals surface area contributed by atoms with E-state index in [9.17, 15) is 5.11 Å². The van der Waals surface area contributed by atoms with E-state index in [1.165, 1.54) is 39.0 Å². The Balaban J connectivity index is 1.79. The number of fused-ring (bicyclic) bond motifs is 1. The number of piperazine rings is 1. The highest BCUT2D eigenvalue weighted by molar-refractivity contribution is 4.87. The average molecular weight is 212 g/mol. The second kappa shape index (κ2) is 5.28. The van der Waals surface area contributed by atoms with Crippen molar-refractivity contribution in [1.29, 1.82) is 0 Å². The first-order chi connectivity index (χ1) is 7.33. The summed E-state index contributed by atoms with van der Waals surface area (Å²) in [5, 5.41) is 9.21. The molecule has 2 fully saturated rings. The average Bonchev–Trinajstić information content (AvgIpc) is 2.73. The third kappa shape index (κ3) is 2.71. The third-order valence-corrected chi connectivity index (χ3v) is 4.02. The quantitative estimate of drug-likeness (QED) is 0.746. The van der Waals surface area contributed by atoms with E-state index in [4.69, 9.17) is 0 Å². The Labute approximate surface area is 93.1 Å². The van der Waals surface area contributed by atoms with Gasteiger partial charge in [-0.25, -0.2) is 0 Å². The monoisotopic (exact) mass is 212 g/mol. The first-order valence-corrected chi connectivity index (χ1v) is 6.40. The maximum absolute atomic E-state index is 9.21. The van der Waals surface area contributed by atoms with E-state index in [0.29, 0.717) is 12.5 Å². The van der Waals surface area contributed by atoms with Gasteiger partial charge in [0.25, 0.3) is 0 Å². The van der Waals surface area contributed by atoms with Gasteiger partial charge in [-0.15, -0.1) is 0 Å². The van der Waals surface area contributed by atoms with Gasteiger partial charge in [0.1, 0.15) is 0 Å². The van der Waals surface area contributed by atoms with Gasteiger partial charge in [-0.1, -0.05) is 6.92 Å². The predicted molar refractivity (Wildman–Crippen MR) is 61.9 cm³/mol. The molecule has 2 rings (SSSR count). The first-order valence-electron chi connectivity index (χ1n) is 6.40. The highest BCUT2D eigenvalue weighted by atomic mass is 16.3. The largest absolute Gasteiger partial charge is 0.396 e. The van der Waals surface area contributed by atoms with Gasteiger partial charge in [0.15, 0.2) is 0 Å². The zero-order valence-electron chi connectivity index (χ0n) is 9.86. The van der Waals surface area contributed by atoms with E-state index in [2.05, 4.69) is 16.7 Å². The van der Waals surface area contributed by atoms with Gasteiger partial charge in [0.05, 0.1) is 0 Å². The summed E-state index contributed by atoms with van der Waals surface area (Å²) < 4.78 is 0. The van der Waals surface area contributed by atoms with E-state index < -0.39 is 0 Å². The lowest BCUT2D eigenvalue weighted by Gasteiger charge is -2.38. The Bertz CT molecular complexity index is 192. The number of hydrogen-bond acceptors (Lipinski definition) is 3. The normalized spacial score (nSPS) is 30.4. The van der Waals surface area contributed by atoms with Gasteiger partial charge in [0, 0.05) is 38.8 Å². The molecule has 2 aliphatic heterocycles. The second-order valence-electron chi connectivity index (χ2n) is 5.05. The Kier molecular flexibility index (Phi) is 4.00. The van der Waals surface area contributed by atoms with E-state index in [0.717, 1.165) is 19.0 Å². The SMILES string of the molecule is CCC(CO)CN1CCN2CCCC2C1. The van der Waals surface area contributed by atoms with E-state index in [-0.39, 0.29) is 0 Å². The molecule has 15 heavy (non-hydrogen) atoms. The molecule has 0 bridgehead atoms. The van der Waals surface area contributed by atoms with Crippen LogP contribution in [0.2, 0.25) is 0 Å². The van der Waals surface area contributed by atoms with Crippen LogP contribution in [0.3, 0.4) is 0 Å². The van der Waals surface area contributed by atoms with Gasteiger partial charge < -0.3 is 10.0 Å². The highest BCUT2D eigenvalue weighted by Gasteiger charge is 2.30. The Hall–Kier alpha value is -0.120. The molecule has 3 heteroatoms. The fourth-order valence-electron chi connectivity index (χ4n) is 2.90. The molecule has 2 saturated heterocycles. The van der Waals surface area contributed by atoms with Crippen molar-refractivity contribution in [3.63, 3.8) is 0 Å². The summed E-state index contributed by atoms with van der Waals surface area (Å²) in [6.45, 7) is 8.61. The Morgan fingerprint density at radius 2 is 2.20 bits per heavy atom. The first kappa shape index (κ1) is 11.4. The van der Waals surface area contributed by atoms with Crippen LogP contribution < -0.4 is 0 Å². The molecule has 0 aromatic carbocycles. The Morgan fingerprint density at radius 3 is 2.93 bits per heavy atom. The molecule has 2 aliphatic rings. The lowest BCUT2D eigenvalue weighted by Crippen LogP contribution is -2.51. The van der Waals surface area contributed by atoms with Crippen molar-refractivity contribution in [2.75, 3.05) is 39.3 Å². The summed E-state index contributed by atoms with van der Waals surface area (Å²) in [5.74, 6) is 0.484. The molecular formula is C12H24N2O. The fraction of sp³-hybridized carbons (Fsp3) is 1.00. The Morgan fingerprint density at radius 1 is 1.33 bits per heavy atom. The number of aliphatic hydroxyl groups excluding tert-OH is 1. The lowest BCUT2D eigenvalue weighted by molar-refractivity contribution is 0.0784. The molecule has 0 aromatic rings. The third-order valence-electron chi connectivity index (χ3n) is 4.02. The van der Waals surface area contributed by atoms with Crippen molar-refractivity contribution in [2.24, 2.45) is 5.92 Å². The maximum Gasteiger partial charge on any atom is 0.0471 e. The van der Waals surface area contributed by atoms with Crippen LogP contribution in [0.25, 0.3) is 0 Å². The molecule has 0 aliphatic carbocycles. The number of rotatable bonds is 4. The summed E-state index contributed by atoms with van der Waals surface area (Å²) >= 11 is 0. The number of aliphatic hydroxyl groups is 1. The van der Waals surface area contributed by atoms with Crippen LogP contribution in [0, 0.1) is 5.92 Å². The molecular weight excluding hydrogens is 188 g/mol. The van der Waals surface area contributed by atoms with Gasteiger partial charge in [-0.3, -0.25) is 4.90 Å². The molecule has 3 nitrogen and oxygen atoms in total. The van der Waals surface area contributed by atoms with Crippen molar-refractivity contribution in [3.05, 3.63) is 0 Å². The number of nitrogens with zero attached hydrogens (tertiary/aromatic N) is 2. The molecule has 1 N–H and O–H groups in total. The molecule has 0 amide bonds. The van der Waals surface area contributed by atoms with Crippen molar-refractivity contribution < 1.29 is 5.11 Å². The van der Waals surface area contributed by atoms with Crippen molar-refractivity contribution in [3.8, 4) is 0 Å². The predicted octanol–water partition coefficient (Wildman–Crippen LogP) is 0.785. The summed E-state index contributed by atoms with van der Waals surface area (Å²) in [6, 6.07) is 0.815. The van der Waals surface area contributed by atoms with Gasteiger partial charge in [-0.2, -0.15) is 0 Å². The zero-order chi connectivity index (χ0) is 10.7. The standard InChI is InChI=1S/C12H24N2O/c1-2-11(10-15)8-13-6-7-14-5-3-4-12(14)9-13/h11-12,15H,2-10H2,1H3. The molecule has 0 radical (unpaired) electrons. The van der Waals surface area contributed by atoms with Crippen LogP contribution in [-0.2, 0) is 0 Å². The molecule has 0 saturated carbocycles. The second-order valence-corrected chi connectivity index (χ2v) is 5.05. The van der Waals surface area contributed by atoms with E-state index >= 15 is 0 Å². The van der Waals surface area contributed by atoms with Crippen LogP contribution in [0.5, 0.6) is 0 Å². The minimum Gasteiger partial charge on any atom is -0.396 e. The maximum atomic E-state index is 9.21. The summed E-state index contributed by atoms with van der Waals surface area (Å²) in [4.78, 5) is 5.19. The van der Waals surface area contributed by atoms with Crippen molar-refractivity contribution >= 4 is 0 Å². The molecule has 0 aromatic heterocycles. The molecule has 2 unspecified atom stereocenters. The van der Waals surface area contributed by atoms with Crippen LogP contribution in [0.4, 0.5) is 0 Å². The molecule has 0 spiro atoms. The summed E-state index contributed by atoms with van der Waals surface area (Å²) in [7, 11) is 0. The molecule has 2 heterocycles. The van der Waals surface area contributed by atoms with E-state index in [1.807, 2.05) is 0 Å². The highest BCUT2D eigenvalue weighted by Crippen LogP contribution is 2.22. The fourth-order valence-corrected chi connectivity index (χ4v) is 2.90. The lowest BCUT2D eigenvalue weighted by atomic mass is 10.1. The zero-order valence-corrected chi connectivity index (χ0v) is 9.86. The summed E-state index contributed by atoms with van der Waals surface area (Å²) in [5.41, 5.74) is 0. The van der Waals surface area contributed by atoms with Gasteiger partial charge >= 0.3 is 0 Å². The number of hydrogen-bond donors (Lipinski definition) is 1. The summed E-state index contributed by atoms with van der Waals surface area (Å²) in [6.07, 6.45) is 3.86. The van der Waals surface area contributed by atoms with Crippen LogP contribution in [0.15, 0.2) is 0 Å². The molecule has 2 atom stereocenters. The van der Waals surface area contributed by atoms with Gasteiger partial charge in [0.2, 0.25) is 0 Å². The smallest absolute Gasteiger partial charge is 0.0471 e.